The molecule has 1 aromatic heterocycles. The minimum atomic E-state index is 0.156. The van der Waals surface area contributed by atoms with Gasteiger partial charge in [0.2, 0.25) is 5.91 Å². The number of nitrogens with zero attached hydrogens (tertiary/aromatic N) is 4. The number of hydrogen-bond acceptors (Lipinski definition) is 3. The minimum absolute atomic E-state index is 0.156. The molecule has 1 aromatic rings. The van der Waals surface area contributed by atoms with E-state index in [0.29, 0.717) is 13.0 Å². The molecule has 0 N–H and O–H groups in total. The summed E-state index contributed by atoms with van der Waals surface area (Å²) in [6.45, 7) is 8.58. The van der Waals surface area contributed by atoms with Crippen LogP contribution < -0.4 is 0 Å². The molecular formula is C20H30N4O2. The average Bonchev–Trinajstić information content (AvgIpc) is 2.67. The molecule has 0 unspecified atom stereocenters. The number of amides is 3. The van der Waals surface area contributed by atoms with Crippen molar-refractivity contribution >= 4 is 11.9 Å². The molecule has 1 spiro atoms. The fourth-order valence-electron chi connectivity index (χ4n) is 4.23. The van der Waals surface area contributed by atoms with Crippen LogP contribution >= 0.6 is 0 Å². The molecule has 6 heteroatoms. The summed E-state index contributed by atoms with van der Waals surface area (Å²) in [5.41, 5.74) is 1.24. The van der Waals surface area contributed by atoms with E-state index in [4.69, 9.17) is 0 Å². The standard InChI is InChI=1S/C20H30N4O2/c1-3-22(4-2)19(26)23-12-9-20(10-13-23)8-7-18(25)24(16-20)15-17-6-5-11-21-14-17/h5-6,11,14H,3-4,7-10,12-13,15-16H2,1-2H3. The summed E-state index contributed by atoms with van der Waals surface area (Å²) in [6.07, 6.45) is 7.12. The van der Waals surface area contributed by atoms with E-state index in [1.54, 1.807) is 6.20 Å². The van der Waals surface area contributed by atoms with E-state index in [1.165, 1.54) is 0 Å². The fraction of sp³-hybridized carbons (Fsp3) is 0.650. The highest BCUT2D eigenvalue weighted by atomic mass is 16.2. The lowest BCUT2D eigenvalue weighted by Gasteiger charge is -2.48. The topological polar surface area (TPSA) is 56.8 Å². The Labute approximate surface area is 156 Å². The van der Waals surface area contributed by atoms with E-state index in [0.717, 1.165) is 57.5 Å². The Morgan fingerprint density at radius 2 is 1.96 bits per heavy atom. The number of carbonyl (C=O) groups excluding carboxylic acids is 2. The zero-order valence-corrected chi connectivity index (χ0v) is 16.0. The number of urea groups is 1. The monoisotopic (exact) mass is 358 g/mol. The second-order valence-electron chi connectivity index (χ2n) is 7.55. The van der Waals surface area contributed by atoms with Crippen molar-refractivity contribution in [2.24, 2.45) is 5.41 Å². The van der Waals surface area contributed by atoms with Gasteiger partial charge in [-0.25, -0.2) is 4.79 Å². The van der Waals surface area contributed by atoms with Crippen LogP contribution in [0.15, 0.2) is 24.5 Å². The quantitative estimate of drug-likeness (QED) is 0.832. The third-order valence-electron chi connectivity index (χ3n) is 5.97. The maximum atomic E-state index is 12.6. The zero-order valence-electron chi connectivity index (χ0n) is 16.0. The molecule has 0 aromatic carbocycles. The Bertz CT molecular complexity index is 622. The van der Waals surface area contributed by atoms with Gasteiger partial charge in [-0.2, -0.15) is 0 Å². The number of pyridine rings is 1. The van der Waals surface area contributed by atoms with Crippen LogP contribution in [0.2, 0.25) is 0 Å². The summed E-state index contributed by atoms with van der Waals surface area (Å²) in [7, 11) is 0. The van der Waals surface area contributed by atoms with Crippen LogP contribution in [0.3, 0.4) is 0 Å². The lowest BCUT2D eigenvalue weighted by molar-refractivity contribution is -0.139. The molecule has 3 amide bonds. The van der Waals surface area contributed by atoms with Crippen LogP contribution in [0.1, 0.15) is 45.1 Å². The SMILES string of the molecule is CCN(CC)C(=O)N1CCC2(CCC(=O)N(Cc3cccnc3)C2)CC1. The van der Waals surface area contributed by atoms with E-state index in [-0.39, 0.29) is 17.4 Å². The Morgan fingerprint density at radius 1 is 1.23 bits per heavy atom. The Hall–Kier alpha value is -2.11. The van der Waals surface area contributed by atoms with Gasteiger partial charge in [0.1, 0.15) is 0 Å². The normalized spacial score (nSPS) is 19.7. The van der Waals surface area contributed by atoms with Crippen molar-refractivity contribution in [3.8, 4) is 0 Å². The summed E-state index contributed by atoms with van der Waals surface area (Å²) in [4.78, 5) is 35.0. The summed E-state index contributed by atoms with van der Waals surface area (Å²) in [6, 6.07) is 4.09. The number of rotatable bonds is 4. The van der Waals surface area contributed by atoms with Crippen LogP contribution in [0.4, 0.5) is 4.79 Å². The Balaban J connectivity index is 1.61. The predicted molar refractivity (Wildman–Crippen MR) is 100 cm³/mol. The molecule has 2 aliphatic rings. The van der Waals surface area contributed by atoms with Crippen LogP contribution in [-0.4, -0.2) is 64.3 Å². The van der Waals surface area contributed by atoms with Gasteiger partial charge in [-0.1, -0.05) is 6.07 Å². The molecule has 2 aliphatic heterocycles. The van der Waals surface area contributed by atoms with Crippen LogP contribution in [0.5, 0.6) is 0 Å². The largest absolute Gasteiger partial charge is 0.338 e. The van der Waals surface area contributed by atoms with E-state index in [1.807, 2.05) is 46.9 Å². The van der Waals surface area contributed by atoms with E-state index < -0.39 is 0 Å². The highest BCUT2D eigenvalue weighted by Crippen LogP contribution is 2.40. The van der Waals surface area contributed by atoms with Gasteiger partial charge >= 0.3 is 6.03 Å². The second-order valence-corrected chi connectivity index (χ2v) is 7.55. The first-order valence-electron chi connectivity index (χ1n) is 9.77. The van der Waals surface area contributed by atoms with Gasteiger partial charge in [0.25, 0.3) is 0 Å². The molecular weight excluding hydrogens is 328 g/mol. The van der Waals surface area contributed by atoms with Gasteiger partial charge < -0.3 is 14.7 Å². The van der Waals surface area contributed by atoms with E-state index in [9.17, 15) is 9.59 Å². The first-order chi connectivity index (χ1) is 12.6. The molecule has 142 valence electrons. The fourth-order valence-corrected chi connectivity index (χ4v) is 4.23. The molecule has 0 radical (unpaired) electrons. The first kappa shape index (κ1) is 18.7. The third kappa shape index (κ3) is 4.00. The van der Waals surface area contributed by atoms with Gasteiger partial charge in [0.15, 0.2) is 0 Å². The molecule has 0 bridgehead atoms. The van der Waals surface area contributed by atoms with Crippen molar-refractivity contribution in [3.63, 3.8) is 0 Å². The van der Waals surface area contributed by atoms with Crippen molar-refractivity contribution in [1.29, 1.82) is 0 Å². The van der Waals surface area contributed by atoms with Crippen LogP contribution in [-0.2, 0) is 11.3 Å². The van der Waals surface area contributed by atoms with Gasteiger partial charge in [0, 0.05) is 58.1 Å². The maximum absolute atomic E-state index is 12.6. The maximum Gasteiger partial charge on any atom is 0.319 e. The number of hydrogen-bond donors (Lipinski definition) is 0. The summed E-state index contributed by atoms with van der Waals surface area (Å²) < 4.78 is 0. The molecule has 0 aliphatic carbocycles. The molecule has 2 saturated heterocycles. The van der Waals surface area contributed by atoms with Gasteiger partial charge in [-0.3, -0.25) is 9.78 Å². The van der Waals surface area contributed by atoms with Gasteiger partial charge in [0.05, 0.1) is 0 Å². The molecule has 3 heterocycles. The number of piperidine rings is 2. The molecule has 0 saturated carbocycles. The number of aromatic nitrogens is 1. The molecule has 2 fully saturated rings. The third-order valence-corrected chi connectivity index (χ3v) is 5.97. The minimum Gasteiger partial charge on any atom is -0.338 e. The smallest absolute Gasteiger partial charge is 0.319 e. The molecule has 6 nitrogen and oxygen atoms in total. The van der Waals surface area contributed by atoms with E-state index in [2.05, 4.69) is 4.98 Å². The van der Waals surface area contributed by atoms with Gasteiger partial charge in [-0.15, -0.1) is 0 Å². The molecule has 26 heavy (non-hydrogen) atoms. The lowest BCUT2D eigenvalue weighted by Crippen LogP contribution is -2.54. The summed E-state index contributed by atoms with van der Waals surface area (Å²) in [5.74, 6) is 0.237. The summed E-state index contributed by atoms with van der Waals surface area (Å²) >= 11 is 0. The Morgan fingerprint density at radius 3 is 2.58 bits per heavy atom. The number of likely N-dealkylation sites (tertiary alicyclic amines) is 2. The molecule has 0 atom stereocenters. The van der Waals surface area contributed by atoms with Crippen molar-refractivity contribution in [2.75, 3.05) is 32.7 Å². The van der Waals surface area contributed by atoms with Crippen molar-refractivity contribution < 1.29 is 9.59 Å². The van der Waals surface area contributed by atoms with Crippen molar-refractivity contribution in [3.05, 3.63) is 30.1 Å². The zero-order chi connectivity index (χ0) is 18.6. The van der Waals surface area contributed by atoms with Crippen molar-refractivity contribution in [1.82, 2.24) is 19.7 Å². The lowest BCUT2D eigenvalue weighted by atomic mass is 9.72. The highest BCUT2D eigenvalue weighted by Gasteiger charge is 2.42. The van der Waals surface area contributed by atoms with Crippen LogP contribution in [0, 0.1) is 5.41 Å². The Kier molecular flexibility index (Phi) is 5.79. The van der Waals surface area contributed by atoms with Gasteiger partial charge in [-0.05, 0) is 50.2 Å². The average molecular weight is 358 g/mol. The highest BCUT2D eigenvalue weighted by molar-refractivity contribution is 5.77. The predicted octanol–water partition coefficient (Wildman–Crippen LogP) is 2.75. The summed E-state index contributed by atoms with van der Waals surface area (Å²) in [5, 5.41) is 0. The number of carbonyl (C=O) groups is 2. The van der Waals surface area contributed by atoms with E-state index >= 15 is 0 Å². The van der Waals surface area contributed by atoms with Crippen molar-refractivity contribution in [2.45, 2.75) is 46.1 Å². The second kappa shape index (κ2) is 8.06. The first-order valence-corrected chi connectivity index (χ1v) is 9.77. The van der Waals surface area contributed by atoms with Crippen LogP contribution in [0.25, 0.3) is 0 Å². The molecule has 3 rings (SSSR count).